The Morgan fingerprint density at radius 2 is 2.35 bits per heavy atom. The Balaban J connectivity index is 2.74. The minimum atomic E-state index is -3.64. The quantitative estimate of drug-likeness (QED) is 0.689. The number of hydrogen-bond acceptors (Lipinski definition) is 4. The first kappa shape index (κ1) is 14.6. The lowest BCUT2D eigenvalue weighted by Gasteiger charge is -2.25. The van der Waals surface area contributed by atoms with Gasteiger partial charge in [-0.3, -0.25) is 0 Å². The molecule has 0 saturated carbocycles. The maximum atomic E-state index is 11.6. The summed E-state index contributed by atoms with van der Waals surface area (Å²) in [6.07, 6.45) is 3.88. The standard InChI is InChI=1S/C11H21NO4S/c1-3-5-10(15-2)11(17(12,13)14)8-9-6-4-7-16-9/h3,9-11H,1,4-8H2,2H3,(H2,12,13,14)/t9-,10-,11+/m0/s1. The van der Waals surface area contributed by atoms with E-state index in [1.165, 1.54) is 7.11 Å². The molecule has 0 amide bonds. The lowest BCUT2D eigenvalue weighted by Crippen LogP contribution is -2.41. The molecule has 3 atom stereocenters. The molecule has 0 bridgehead atoms. The zero-order valence-corrected chi connectivity index (χ0v) is 11.0. The summed E-state index contributed by atoms with van der Waals surface area (Å²) in [4.78, 5) is 0. The third kappa shape index (κ3) is 4.39. The Labute approximate surface area is 103 Å². The van der Waals surface area contributed by atoms with E-state index in [9.17, 15) is 8.42 Å². The van der Waals surface area contributed by atoms with E-state index in [0.29, 0.717) is 19.4 Å². The van der Waals surface area contributed by atoms with Crippen LogP contribution in [-0.4, -0.2) is 39.6 Å². The van der Waals surface area contributed by atoms with Crippen LogP contribution in [-0.2, 0) is 19.5 Å². The van der Waals surface area contributed by atoms with Gasteiger partial charge in [0.25, 0.3) is 0 Å². The summed E-state index contributed by atoms with van der Waals surface area (Å²) < 4.78 is 33.9. The van der Waals surface area contributed by atoms with E-state index < -0.39 is 21.4 Å². The second-order valence-electron chi connectivity index (χ2n) is 4.30. The molecule has 0 aromatic carbocycles. The fourth-order valence-electron chi connectivity index (χ4n) is 2.15. The Bertz CT molecular complexity index is 335. The molecule has 1 fully saturated rings. The van der Waals surface area contributed by atoms with Gasteiger partial charge in [-0.05, 0) is 25.7 Å². The Morgan fingerprint density at radius 3 is 2.76 bits per heavy atom. The van der Waals surface area contributed by atoms with Gasteiger partial charge in [0, 0.05) is 13.7 Å². The smallest absolute Gasteiger partial charge is 0.214 e. The maximum absolute atomic E-state index is 11.6. The van der Waals surface area contributed by atoms with Crippen molar-refractivity contribution in [3.8, 4) is 0 Å². The van der Waals surface area contributed by atoms with Gasteiger partial charge in [0.15, 0.2) is 0 Å². The minimum absolute atomic E-state index is 0.0270. The first-order valence-corrected chi connectivity index (χ1v) is 7.37. The van der Waals surface area contributed by atoms with Gasteiger partial charge < -0.3 is 9.47 Å². The van der Waals surface area contributed by atoms with E-state index in [1.807, 2.05) is 0 Å². The van der Waals surface area contributed by atoms with Gasteiger partial charge in [0.2, 0.25) is 10.0 Å². The van der Waals surface area contributed by atoms with E-state index in [2.05, 4.69) is 6.58 Å². The fourth-order valence-corrected chi connectivity index (χ4v) is 3.28. The molecule has 2 N–H and O–H groups in total. The molecule has 0 aliphatic carbocycles. The lowest BCUT2D eigenvalue weighted by molar-refractivity contribution is 0.0632. The van der Waals surface area contributed by atoms with Crippen molar-refractivity contribution >= 4 is 10.0 Å². The summed E-state index contributed by atoms with van der Waals surface area (Å²) in [6.45, 7) is 4.29. The van der Waals surface area contributed by atoms with E-state index in [4.69, 9.17) is 14.6 Å². The molecule has 1 aliphatic heterocycles. The van der Waals surface area contributed by atoms with Crippen molar-refractivity contribution in [2.24, 2.45) is 5.14 Å². The highest BCUT2D eigenvalue weighted by molar-refractivity contribution is 7.89. The Kier molecular flexibility index (Phi) is 5.58. The first-order chi connectivity index (χ1) is 7.99. The van der Waals surface area contributed by atoms with Crippen LogP contribution in [0.25, 0.3) is 0 Å². The van der Waals surface area contributed by atoms with Crippen LogP contribution in [0.3, 0.4) is 0 Å². The largest absolute Gasteiger partial charge is 0.380 e. The van der Waals surface area contributed by atoms with Crippen molar-refractivity contribution in [3.05, 3.63) is 12.7 Å². The second kappa shape index (κ2) is 6.49. The van der Waals surface area contributed by atoms with Crippen LogP contribution in [0.5, 0.6) is 0 Å². The summed E-state index contributed by atoms with van der Waals surface area (Å²) >= 11 is 0. The number of methoxy groups -OCH3 is 1. The van der Waals surface area contributed by atoms with E-state index in [0.717, 1.165) is 12.8 Å². The summed E-state index contributed by atoms with van der Waals surface area (Å²) in [5.74, 6) is 0. The summed E-state index contributed by atoms with van der Waals surface area (Å²) in [5.41, 5.74) is 0. The molecule has 1 rings (SSSR count). The molecule has 5 nitrogen and oxygen atoms in total. The van der Waals surface area contributed by atoms with Crippen molar-refractivity contribution in [3.63, 3.8) is 0 Å². The molecular formula is C11H21NO4S. The molecule has 6 heteroatoms. The number of nitrogens with two attached hydrogens (primary N) is 1. The van der Waals surface area contributed by atoms with Crippen molar-refractivity contribution in [2.45, 2.75) is 43.1 Å². The Hall–Kier alpha value is -0.430. The highest BCUT2D eigenvalue weighted by Crippen LogP contribution is 2.23. The van der Waals surface area contributed by atoms with Gasteiger partial charge in [0.1, 0.15) is 5.25 Å². The lowest BCUT2D eigenvalue weighted by atomic mass is 10.0. The van der Waals surface area contributed by atoms with Gasteiger partial charge in [-0.1, -0.05) is 6.08 Å². The number of rotatable bonds is 7. The van der Waals surface area contributed by atoms with Crippen LogP contribution in [0, 0.1) is 0 Å². The van der Waals surface area contributed by atoms with E-state index in [1.54, 1.807) is 6.08 Å². The molecule has 1 saturated heterocycles. The van der Waals surface area contributed by atoms with Crippen molar-refractivity contribution in [2.75, 3.05) is 13.7 Å². The molecule has 0 aromatic rings. The zero-order valence-electron chi connectivity index (χ0n) is 10.2. The normalized spacial score (nSPS) is 24.5. The van der Waals surface area contributed by atoms with Crippen molar-refractivity contribution < 1.29 is 17.9 Å². The average Bonchev–Trinajstić information content (AvgIpc) is 2.74. The molecule has 0 radical (unpaired) electrons. The summed E-state index contributed by atoms with van der Waals surface area (Å²) in [6, 6.07) is 0. The SMILES string of the molecule is C=CC[C@H](OC)[C@@H](C[C@@H]1CCCO1)S(N)(=O)=O. The van der Waals surface area contributed by atoms with Crippen LogP contribution < -0.4 is 5.14 Å². The monoisotopic (exact) mass is 263 g/mol. The van der Waals surface area contributed by atoms with Crippen LogP contribution in [0.1, 0.15) is 25.7 Å². The highest BCUT2D eigenvalue weighted by Gasteiger charge is 2.34. The van der Waals surface area contributed by atoms with Gasteiger partial charge in [-0.15, -0.1) is 6.58 Å². The number of primary sulfonamides is 1. The third-order valence-electron chi connectivity index (χ3n) is 3.06. The number of hydrogen-bond donors (Lipinski definition) is 1. The summed E-state index contributed by atoms with van der Waals surface area (Å²) in [5, 5.41) is 4.54. The van der Waals surface area contributed by atoms with Gasteiger partial charge in [-0.2, -0.15) is 0 Å². The third-order valence-corrected chi connectivity index (χ3v) is 4.40. The molecule has 0 unspecified atom stereocenters. The number of sulfonamides is 1. The second-order valence-corrected chi connectivity index (χ2v) is 6.08. The van der Waals surface area contributed by atoms with Gasteiger partial charge >= 0.3 is 0 Å². The molecule has 1 aliphatic rings. The van der Waals surface area contributed by atoms with E-state index >= 15 is 0 Å². The predicted molar refractivity (Wildman–Crippen MR) is 66.1 cm³/mol. The zero-order chi connectivity index (χ0) is 12.9. The van der Waals surface area contributed by atoms with Crippen molar-refractivity contribution in [1.82, 2.24) is 0 Å². The predicted octanol–water partition coefficient (Wildman–Crippen LogP) is 0.804. The first-order valence-electron chi connectivity index (χ1n) is 5.76. The number of ether oxygens (including phenoxy) is 2. The van der Waals surface area contributed by atoms with Crippen LogP contribution in [0.4, 0.5) is 0 Å². The topological polar surface area (TPSA) is 78.6 Å². The minimum Gasteiger partial charge on any atom is -0.380 e. The Morgan fingerprint density at radius 1 is 1.65 bits per heavy atom. The molecule has 0 spiro atoms. The van der Waals surface area contributed by atoms with Crippen molar-refractivity contribution in [1.29, 1.82) is 0 Å². The van der Waals surface area contributed by atoms with Crippen LogP contribution in [0.15, 0.2) is 12.7 Å². The van der Waals surface area contributed by atoms with E-state index in [-0.39, 0.29) is 6.10 Å². The fraction of sp³-hybridized carbons (Fsp3) is 0.818. The van der Waals surface area contributed by atoms with Gasteiger partial charge in [0.05, 0.1) is 12.2 Å². The molecule has 100 valence electrons. The molecular weight excluding hydrogens is 242 g/mol. The maximum Gasteiger partial charge on any atom is 0.214 e. The molecule has 17 heavy (non-hydrogen) atoms. The molecule has 0 aromatic heterocycles. The summed E-state index contributed by atoms with van der Waals surface area (Å²) in [7, 11) is -2.15. The van der Waals surface area contributed by atoms with Gasteiger partial charge in [-0.25, -0.2) is 13.6 Å². The highest BCUT2D eigenvalue weighted by atomic mass is 32.2. The average molecular weight is 263 g/mol. The van der Waals surface area contributed by atoms with Crippen LogP contribution >= 0.6 is 0 Å². The van der Waals surface area contributed by atoms with Crippen LogP contribution in [0.2, 0.25) is 0 Å². The molecule has 1 heterocycles.